The van der Waals surface area contributed by atoms with Gasteiger partial charge in [-0.1, -0.05) is 12.1 Å². The minimum absolute atomic E-state index is 0.334. The molecule has 0 aliphatic rings. The maximum atomic E-state index is 12.7. The third kappa shape index (κ3) is 3.51. The topological polar surface area (TPSA) is 46.2 Å². The second-order valence-electron chi connectivity index (χ2n) is 5.01. The van der Waals surface area contributed by atoms with Crippen molar-refractivity contribution in [2.75, 3.05) is 0 Å². The van der Waals surface area contributed by atoms with Crippen LogP contribution < -0.4 is 4.72 Å². The first-order chi connectivity index (χ1) is 7.63. The highest BCUT2D eigenvalue weighted by atomic mass is 32.2. The lowest BCUT2D eigenvalue weighted by molar-refractivity contribution is 0.531. The summed E-state index contributed by atoms with van der Waals surface area (Å²) in [4.78, 5) is 0. The summed E-state index contributed by atoms with van der Waals surface area (Å²) >= 11 is 0. The third-order valence-electron chi connectivity index (χ3n) is 2.51. The largest absolute Gasteiger partial charge is 0.217 e. The van der Waals surface area contributed by atoms with Crippen LogP contribution in [0.5, 0.6) is 0 Å². The number of nitrogens with one attached hydrogen (secondary N) is 1. The molecule has 17 heavy (non-hydrogen) atoms. The highest BCUT2D eigenvalue weighted by Gasteiger charge is 2.30. The van der Waals surface area contributed by atoms with Gasteiger partial charge in [0.25, 0.3) is 0 Å². The second kappa shape index (κ2) is 4.74. The number of rotatable bonds is 3. The van der Waals surface area contributed by atoms with E-state index in [0.717, 1.165) is 5.56 Å². The van der Waals surface area contributed by atoms with Crippen LogP contribution in [0.25, 0.3) is 0 Å². The van der Waals surface area contributed by atoms with Crippen LogP contribution in [0.3, 0.4) is 0 Å². The standard InChI is InChI=1S/C12H18FNO2S/c1-9(10-5-7-11(13)8-6-10)14-17(15,16)12(2,3)4/h5-9,14H,1-4H3. The van der Waals surface area contributed by atoms with Crippen LogP contribution in [-0.4, -0.2) is 13.2 Å². The van der Waals surface area contributed by atoms with E-state index >= 15 is 0 Å². The molecule has 0 saturated heterocycles. The van der Waals surface area contributed by atoms with Crippen LogP contribution in [0.4, 0.5) is 4.39 Å². The molecule has 0 saturated carbocycles. The van der Waals surface area contributed by atoms with Crippen LogP contribution in [0.15, 0.2) is 24.3 Å². The molecule has 96 valence electrons. The molecule has 1 rings (SSSR count). The van der Waals surface area contributed by atoms with Crippen molar-refractivity contribution in [3.8, 4) is 0 Å². The van der Waals surface area contributed by atoms with E-state index in [0.29, 0.717) is 0 Å². The van der Waals surface area contributed by atoms with E-state index in [-0.39, 0.29) is 11.9 Å². The van der Waals surface area contributed by atoms with Crippen LogP contribution in [0, 0.1) is 5.82 Å². The maximum Gasteiger partial charge on any atom is 0.217 e. The molecule has 0 fully saturated rings. The van der Waals surface area contributed by atoms with Crippen LogP contribution in [0.2, 0.25) is 0 Å². The van der Waals surface area contributed by atoms with Gasteiger partial charge in [-0.05, 0) is 45.4 Å². The predicted molar refractivity (Wildman–Crippen MR) is 66.6 cm³/mol. The van der Waals surface area contributed by atoms with Crippen molar-refractivity contribution in [3.63, 3.8) is 0 Å². The van der Waals surface area contributed by atoms with Gasteiger partial charge in [0.15, 0.2) is 0 Å². The molecule has 0 bridgehead atoms. The summed E-state index contributed by atoms with van der Waals surface area (Å²) in [6.07, 6.45) is 0. The van der Waals surface area contributed by atoms with Crippen LogP contribution >= 0.6 is 0 Å². The normalized spacial score (nSPS) is 14.6. The molecule has 1 unspecified atom stereocenters. The van der Waals surface area contributed by atoms with Crippen molar-refractivity contribution >= 4 is 10.0 Å². The Labute approximate surface area is 102 Å². The van der Waals surface area contributed by atoms with E-state index in [9.17, 15) is 12.8 Å². The summed E-state index contributed by atoms with van der Waals surface area (Å²) < 4.78 is 38.3. The Kier molecular flexibility index (Phi) is 3.94. The number of halogens is 1. The molecule has 1 atom stereocenters. The molecule has 1 N–H and O–H groups in total. The van der Waals surface area contributed by atoms with Crippen molar-refractivity contribution < 1.29 is 12.8 Å². The number of sulfonamides is 1. The van der Waals surface area contributed by atoms with Gasteiger partial charge in [-0.3, -0.25) is 0 Å². The molecule has 0 aromatic heterocycles. The second-order valence-corrected chi connectivity index (χ2v) is 7.47. The summed E-state index contributed by atoms with van der Waals surface area (Å²) in [6, 6.07) is 5.41. The van der Waals surface area contributed by atoms with Gasteiger partial charge >= 0.3 is 0 Å². The lowest BCUT2D eigenvalue weighted by atomic mass is 10.1. The molecule has 0 radical (unpaired) electrons. The molecule has 0 aliphatic heterocycles. The quantitative estimate of drug-likeness (QED) is 0.907. The highest BCUT2D eigenvalue weighted by molar-refractivity contribution is 7.90. The number of benzene rings is 1. The monoisotopic (exact) mass is 259 g/mol. The summed E-state index contributed by atoms with van der Waals surface area (Å²) in [5.74, 6) is -0.334. The Balaban J connectivity index is 2.87. The first-order valence-corrected chi connectivity index (χ1v) is 6.89. The van der Waals surface area contributed by atoms with Crippen molar-refractivity contribution in [2.24, 2.45) is 0 Å². The average Bonchev–Trinajstić information content (AvgIpc) is 2.16. The Bertz CT molecular complexity index is 474. The van der Waals surface area contributed by atoms with E-state index < -0.39 is 14.8 Å². The molecule has 0 aliphatic carbocycles. The van der Waals surface area contributed by atoms with Gasteiger partial charge in [0.05, 0.1) is 4.75 Å². The summed E-state index contributed by atoms with van der Waals surface area (Å²) in [5, 5.41) is 0. The van der Waals surface area contributed by atoms with Gasteiger partial charge in [-0.15, -0.1) is 0 Å². The fraction of sp³-hybridized carbons (Fsp3) is 0.500. The first-order valence-electron chi connectivity index (χ1n) is 5.41. The molecular weight excluding hydrogens is 241 g/mol. The minimum Gasteiger partial charge on any atom is -0.212 e. The average molecular weight is 259 g/mol. The molecule has 0 amide bonds. The van der Waals surface area contributed by atoms with E-state index in [1.807, 2.05) is 0 Å². The molecule has 5 heteroatoms. The van der Waals surface area contributed by atoms with Gasteiger partial charge in [0, 0.05) is 6.04 Å². The summed E-state index contributed by atoms with van der Waals surface area (Å²) in [7, 11) is -3.40. The molecule has 0 spiro atoms. The van der Waals surface area contributed by atoms with Crippen LogP contribution in [-0.2, 0) is 10.0 Å². The van der Waals surface area contributed by atoms with Gasteiger partial charge in [0.1, 0.15) is 5.82 Å². The van der Waals surface area contributed by atoms with E-state index in [2.05, 4.69) is 4.72 Å². The van der Waals surface area contributed by atoms with Gasteiger partial charge in [0.2, 0.25) is 10.0 Å². The zero-order valence-corrected chi connectivity index (χ0v) is 11.3. The molecule has 1 aromatic rings. The lowest BCUT2D eigenvalue weighted by Gasteiger charge is -2.23. The Morgan fingerprint density at radius 2 is 1.65 bits per heavy atom. The van der Waals surface area contributed by atoms with Gasteiger partial charge in [-0.2, -0.15) is 0 Å². The van der Waals surface area contributed by atoms with E-state index in [1.165, 1.54) is 12.1 Å². The van der Waals surface area contributed by atoms with Crippen molar-refractivity contribution in [3.05, 3.63) is 35.6 Å². The zero-order chi connectivity index (χ0) is 13.3. The number of hydrogen-bond donors (Lipinski definition) is 1. The fourth-order valence-corrected chi connectivity index (χ4v) is 2.18. The van der Waals surface area contributed by atoms with Crippen LogP contribution in [0.1, 0.15) is 39.3 Å². The lowest BCUT2D eigenvalue weighted by Crippen LogP contribution is -2.40. The molecule has 1 aromatic carbocycles. The third-order valence-corrected chi connectivity index (χ3v) is 4.78. The van der Waals surface area contributed by atoms with Gasteiger partial charge < -0.3 is 0 Å². The summed E-state index contributed by atoms with van der Waals surface area (Å²) in [5.41, 5.74) is 0.735. The molecule has 3 nitrogen and oxygen atoms in total. The van der Waals surface area contributed by atoms with Crippen molar-refractivity contribution in [2.45, 2.75) is 38.5 Å². The SMILES string of the molecule is CC(NS(=O)(=O)C(C)(C)C)c1ccc(F)cc1. The van der Waals surface area contributed by atoms with Crippen molar-refractivity contribution in [1.29, 1.82) is 0 Å². The molecular formula is C12H18FNO2S. The predicted octanol–water partition coefficient (Wildman–Crippen LogP) is 2.60. The zero-order valence-electron chi connectivity index (χ0n) is 10.5. The smallest absolute Gasteiger partial charge is 0.212 e. The maximum absolute atomic E-state index is 12.7. The minimum atomic E-state index is -3.40. The number of hydrogen-bond acceptors (Lipinski definition) is 2. The highest BCUT2D eigenvalue weighted by Crippen LogP contribution is 2.19. The fourth-order valence-electron chi connectivity index (χ4n) is 1.23. The van der Waals surface area contributed by atoms with Crippen molar-refractivity contribution in [1.82, 2.24) is 4.72 Å². The Morgan fingerprint density at radius 3 is 2.06 bits per heavy atom. The molecule has 0 heterocycles. The Morgan fingerprint density at radius 1 is 1.18 bits per heavy atom. The van der Waals surface area contributed by atoms with Gasteiger partial charge in [-0.25, -0.2) is 17.5 Å². The van der Waals surface area contributed by atoms with E-state index in [4.69, 9.17) is 0 Å². The first kappa shape index (κ1) is 14.1. The van der Waals surface area contributed by atoms with E-state index in [1.54, 1.807) is 39.8 Å². The summed E-state index contributed by atoms with van der Waals surface area (Å²) in [6.45, 7) is 6.63. The Hall–Kier alpha value is -0.940.